The van der Waals surface area contributed by atoms with Crippen molar-refractivity contribution < 1.29 is 19.1 Å². The van der Waals surface area contributed by atoms with Gasteiger partial charge in [-0.2, -0.15) is 0 Å². The van der Waals surface area contributed by atoms with E-state index >= 15 is 0 Å². The first-order valence-electron chi connectivity index (χ1n) is 8.97. The van der Waals surface area contributed by atoms with Crippen LogP contribution in [0.25, 0.3) is 0 Å². The van der Waals surface area contributed by atoms with Gasteiger partial charge in [0.05, 0.1) is 5.75 Å². The molecule has 1 aliphatic heterocycles. The van der Waals surface area contributed by atoms with E-state index in [2.05, 4.69) is 5.32 Å². The zero-order chi connectivity index (χ0) is 19.9. The number of esters is 1. The van der Waals surface area contributed by atoms with Crippen LogP contribution in [0.1, 0.15) is 22.1 Å². The van der Waals surface area contributed by atoms with Crippen LogP contribution in [0.4, 0.5) is 0 Å². The van der Waals surface area contributed by atoms with Crippen LogP contribution in [0.3, 0.4) is 0 Å². The minimum absolute atomic E-state index is 0.0833. The summed E-state index contributed by atoms with van der Waals surface area (Å²) in [7, 11) is 0. The number of nitrogens with zero attached hydrogens (tertiary/aromatic N) is 1. The number of carbonyl (C=O) groups excluding carboxylic acids is 3. The van der Waals surface area contributed by atoms with Crippen LogP contribution >= 0.6 is 11.8 Å². The highest BCUT2D eigenvalue weighted by molar-refractivity contribution is 8.00. The van der Waals surface area contributed by atoms with Crippen molar-refractivity contribution in [3.05, 3.63) is 71.3 Å². The summed E-state index contributed by atoms with van der Waals surface area (Å²) in [5.41, 5.74) is 2.97. The minimum atomic E-state index is -0.519. The molecule has 2 aromatic carbocycles. The van der Waals surface area contributed by atoms with E-state index in [1.54, 1.807) is 4.90 Å². The normalized spacial score (nSPS) is 16.1. The lowest BCUT2D eigenvalue weighted by Crippen LogP contribution is -2.41. The third-order valence-corrected chi connectivity index (χ3v) is 5.65. The molecule has 1 N–H and O–H groups in total. The van der Waals surface area contributed by atoms with E-state index in [0.717, 1.165) is 16.7 Å². The van der Waals surface area contributed by atoms with Gasteiger partial charge in [-0.25, -0.2) is 0 Å². The lowest BCUT2D eigenvalue weighted by Gasteiger charge is -2.24. The Kier molecular flexibility index (Phi) is 6.71. The summed E-state index contributed by atoms with van der Waals surface area (Å²) in [5.74, 6) is -0.647. The number of thioether (sulfide) groups is 1. The molecule has 3 rings (SSSR count). The average Bonchev–Trinajstić information content (AvgIpc) is 3.06. The Balaban J connectivity index is 1.50. The van der Waals surface area contributed by atoms with Crippen LogP contribution in [0.15, 0.2) is 54.6 Å². The lowest BCUT2D eigenvalue weighted by atomic mass is 10.1. The fourth-order valence-corrected chi connectivity index (χ4v) is 4.20. The van der Waals surface area contributed by atoms with Gasteiger partial charge in [0.2, 0.25) is 11.8 Å². The summed E-state index contributed by atoms with van der Waals surface area (Å²) in [6.45, 7) is 1.83. The molecule has 1 saturated heterocycles. The summed E-state index contributed by atoms with van der Waals surface area (Å²) in [5, 5.41) is 2.35. The molecule has 6 nitrogen and oxygen atoms in total. The van der Waals surface area contributed by atoms with Gasteiger partial charge in [-0.3, -0.25) is 14.4 Å². The Morgan fingerprint density at radius 3 is 2.61 bits per heavy atom. The predicted molar refractivity (Wildman–Crippen MR) is 107 cm³/mol. The van der Waals surface area contributed by atoms with Crippen molar-refractivity contribution in [2.45, 2.75) is 18.9 Å². The van der Waals surface area contributed by atoms with Crippen molar-refractivity contribution in [2.24, 2.45) is 0 Å². The minimum Gasteiger partial charge on any atom is -0.460 e. The summed E-state index contributed by atoms with van der Waals surface area (Å²) in [6.07, 6.45) is 0. The predicted octanol–water partition coefficient (Wildman–Crippen LogP) is 2.43. The molecule has 28 heavy (non-hydrogen) atoms. The highest BCUT2D eigenvalue weighted by Crippen LogP contribution is 2.39. The lowest BCUT2D eigenvalue weighted by molar-refractivity contribution is -0.145. The first-order chi connectivity index (χ1) is 13.5. The number of aryl methyl sites for hydroxylation is 1. The quantitative estimate of drug-likeness (QED) is 0.725. The number of hydrogen-bond acceptors (Lipinski definition) is 5. The maximum atomic E-state index is 12.3. The third kappa shape index (κ3) is 5.13. The molecule has 0 bridgehead atoms. The Bertz CT molecular complexity index is 856. The summed E-state index contributed by atoms with van der Waals surface area (Å²) >= 11 is 1.50. The first-order valence-corrected chi connectivity index (χ1v) is 10.0. The van der Waals surface area contributed by atoms with E-state index in [-0.39, 0.29) is 36.9 Å². The number of nitrogens with one attached hydrogen (secondary N) is 1. The molecule has 0 radical (unpaired) electrons. The van der Waals surface area contributed by atoms with Gasteiger partial charge in [0.25, 0.3) is 0 Å². The van der Waals surface area contributed by atoms with E-state index in [9.17, 15) is 14.4 Å². The zero-order valence-corrected chi connectivity index (χ0v) is 16.4. The van der Waals surface area contributed by atoms with Gasteiger partial charge in [-0.1, -0.05) is 54.6 Å². The molecule has 0 saturated carbocycles. The second-order valence-corrected chi connectivity index (χ2v) is 7.53. The molecule has 1 unspecified atom stereocenters. The third-order valence-electron chi connectivity index (χ3n) is 4.41. The van der Waals surface area contributed by atoms with Gasteiger partial charge in [0.15, 0.2) is 0 Å². The zero-order valence-electron chi connectivity index (χ0n) is 15.6. The van der Waals surface area contributed by atoms with Gasteiger partial charge >= 0.3 is 5.97 Å². The van der Waals surface area contributed by atoms with Crippen LogP contribution in [0.2, 0.25) is 0 Å². The van der Waals surface area contributed by atoms with Crippen molar-refractivity contribution in [1.82, 2.24) is 10.2 Å². The highest BCUT2D eigenvalue weighted by Gasteiger charge is 2.34. The van der Waals surface area contributed by atoms with E-state index in [1.807, 2.05) is 61.5 Å². The second-order valence-electron chi connectivity index (χ2n) is 6.46. The number of amides is 2. The fourth-order valence-electron chi connectivity index (χ4n) is 2.92. The summed E-state index contributed by atoms with van der Waals surface area (Å²) in [4.78, 5) is 37.9. The van der Waals surface area contributed by atoms with Crippen molar-refractivity contribution >= 4 is 29.5 Å². The van der Waals surface area contributed by atoms with Gasteiger partial charge in [0, 0.05) is 0 Å². The summed E-state index contributed by atoms with van der Waals surface area (Å²) < 4.78 is 5.14. The Labute approximate surface area is 168 Å². The molecule has 1 aliphatic rings. The SMILES string of the molecule is Cc1ccccc1C1SCC(=O)N1CC(=O)NCC(=O)OCc1ccccc1. The molecule has 146 valence electrons. The average molecular weight is 398 g/mol. The van der Waals surface area contributed by atoms with E-state index < -0.39 is 5.97 Å². The monoisotopic (exact) mass is 398 g/mol. The topological polar surface area (TPSA) is 75.7 Å². The molecular weight excluding hydrogens is 376 g/mol. The van der Waals surface area contributed by atoms with Crippen LogP contribution < -0.4 is 5.32 Å². The van der Waals surface area contributed by atoms with E-state index in [4.69, 9.17) is 4.74 Å². The Morgan fingerprint density at radius 1 is 1.14 bits per heavy atom. The van der Waals surface area contributed by atoms with Gasteiger partial charge < -0.3 is 15.0 Å². The molecule has 1 atom stereocenters. The molecule has 2 amide bonds. The van der Waals surface area contributed by atoms with Gasteiger partial charge in [0.1, 0.15) is 25.1 Å². The molecule has 0 spiro atoms. The number of ether oxygens (including phenoxy) is 1. The molecule has 0 aromatic heterocycles. The van der Waals surface area contributed by atoms with Crippen molar-refractivity contribution in [2.75, 3.05) is 18.8 Å². The van der Waals surface area contributed by atoms with Crippen molar-refractivity contribution in [1.29, 1.82) is 0 Å². The van der Waals surface area contributed by atoms with Crippen molar-refractivity contribution in [3.8, 4) is 0 Å². The fraction of sp³-hybridized carbons (Fsp3) is 0.286. The maximum Gasteiger partial charge on any atom is 0.325 e. The van der Waals surface area contributed by atoms with Crippen LogP contribution in [0, 0.1) is 6.92 Å². The molecule has 1 fully saturated rings. The number of rotatable bonds is 7. The maximum absolute atomic E-state index is 12.3. The molecule has 7 heteroatoms. The molecule has 1 heterocycles. The largest absolute Gasteiger partial charge is 0.460 e. The van der Waals surface area contributed by atoms with E-state index in [0.29, 0.717) is 5.75 Å². The van der Waals surface area contributed by atoms with Gasteiger partial charge in [-0.05, 0) is 23.6 Å². The molecule has 2 aromatic rings. The van der Waals surface area contributed by atoms with Gasteiger partial charge in [-0.15, -0.1) is 11.8 Å². The van der Waals surface area contributed by atoms with Crippen molar-refractivity contribution in [3.63, 3.8) is 0 Å². The van der Waals surface area contributed by atoms with Crippen LogP contribution in [-0.2, 0) is 25.7 Å². The van der Waals surface area contributed by atoms with Crippen LogP contribution in [0.5, 0.6) is 0 Å². The van der Waals surface area contributed by atoms with Crippen LogP contribution in [-0.4, -0.2) is 41.5 Å². The number of hydrogen-bond donors (Lipinski definition) is 1. The second kappa shape index (κ2) is 9.41. The smallest absolute Gasteiger partial charge is 0.325 e. The summed E-state index contributed by atoms with van der Waals surface area (Å²) in [6, 6.07) is 17.1. The number of carbonyl (C=O) groups is 3. The molecule has 0 aliphatic carbocycles. The number of benzene rings is 2. The first kappa shape index (κ1) is 19.9. The highest BCUT2D eigenvalue weighted by atomic mass is 32.2. The van der Waals surface area contributed by atoms with E-state index in [1.165, 1.54) is 11.8 Å². The Hall–Kier alpha value is -2.80. The standard InChI is InChI=1S/C21H22N2O4S/c1-15-7-5-6-10-17(15)21-23(19(25)14-28-21)12-18(24)22-11-20(26)27-13-16-8-3-2-4-9-16/h2-10,21H,11-14H2,1H3,(H,22,24). The molecular formula is C21H22N2O4S. The Morgan fingerprint density at radius 2 is 1.86 bits per heavy atom.